The molecule has 0 aliphatic carbocycles. The molecule has 0 amide bonds. The van der Waals surface area contributed by atoms with Gasteiger partial charge in [-0.15, -0.1) is 0 Å². The van der Waals surface area contributed by atoms with Gasteiger partial charge in [0.1, 0.15) is 0 Å². The Morgan fingerprint density at radius 2 is 0.838 bits per heavy atom. The smallest absolute Gasteiger partial charge is 0.164 e. The molecule has 3 heterocycles. The monoisotopic (exact) mass is 865 g/mol. The average molecular weight is 866 g/mol. The van der Waals surface area contributed by atoms with Crippen molar-refractivity contribution in [1.29, 1.82) is 0 Å². The largest absolute Gasteiger partial charge is 0.309 e. The summed E-state index contributed by atoms with van der Waals surface area (Å²) in [5.41, 5.74) is 12.1. The van der Waals surface area contributed by atoms with Gasteiger partial charge in [-0.1, -0.05) is 182 Å². The second-order valence-corrected chi connectivity index (χ2v) is 17.6. The standard InChI is InChI=1S/C63H39N5/c1-4-19-41(20-5-1)52-38-59-60(50-30-15-13-27-47(50)52)54-37-53-49-29-16-17-31-55(49)68(57(53)39-58(54)67(59)45-24-8-3-9-25-45)56-35-34-51(46-26-12-14-28-48(46)56)63-65-61(42-21-6-2-7-22-42)64-62(66-63)44-33-32-40-18-10-11-23-43(40)36-44/h1-39H. The minimum atomic E-state index is 0.628. The molecule has 0 N–H and O–H groups in total. The van der Waals surface area contributed by atoms with E-state index in [2.05, 4.69) is 228 Å². The quantitative estimate of drug-likeness (QED) is 0.167. The third-order valence-electron chi connectivity index (χ3n) is 13.7. The summed E-state index contributed by atoms with van der Waals surface area (Å²) in [6, 6.07) is 84.7. The summed E-state index contributed by atoms with van der Waals surface area (Å²) in [5.74, 6) is 1.90. The highest BCUT2D eigenvalue weighted by molar-refractivity contribution is 6.27. The number of hydrogen-bond donors (Lipinski definition) is 0. The molecular weight excluding hydrogens is 827 g/mol. The lowest BCUT2D eigenvalue weighted by Crippen LogP contribution is -2.02. The van der Waals surface area contributed by atoms with E-state index in [1.54, 1.807) is 0 Å². The SMILES string of the molecule is c1ccc(-c2nc(-c3ccc4ccccc4c3)nc(-c3ccc(-n4c5ccccc5c5cc6c7c8ccccc8c(-c8ccccc8)cc7n(-c7ccccc7)c6cc54)c4ccccc34)n2)cc1. The molecule has 0 atom stereocenters. The molecule has 14 rings (SSSR count). The van der Waals surface area contributed by atoms with Crippen LogP contribution in [0.15, 0.2) is 237 Å². The Kier molecular flexibility index (Phi) is 8.52. The molecule has 0 aliphatic heterocycles. The van der Waals surface area contributed by atoms with Gasteiger partial charge in [-0.2, -0.15) is 0 Å². The number of hydrogen-bond acceptors (Lipinski definition) is 3. The fourth-order valence-corrected chi connectivity index (χ4v) is 10.7. The van der Waals surface area contributed by atoms with Crippen LogP contribution in [-0.4, -0.2) is 24.1 Å². The zero-order valence-electron chi connectivity index (χ0n) is 36.8. The van der Waals surface area contributed by atoms with Crippen molar-refractivity contribution in [3.8, 4) is 56.7 Å². The van der Waals surface area contributed by atoms with Crippen LogP contribution in [-0.2, 0) is 0 Å². The third-order valence-corrected chi connectivity index (χ3v) is 13.7. The van der Waals surface area contributed by atoms with Gasteiger partial charge in [0.2, 0.25) is 0 Å². The van der Waals surface area contributed by atoms with Crippen LogP contribution in [0.1, 0.15) is 0 Å². The minimum Gasteiger partial charge on any atom is -0.309 e. The molecular formula is C63H39N5. The molecule has 5 nitrogen and oxygen atoms in total. The van der Waals surface area contributed by atoms with E-state index in [-0.39, 0.29) is 0 Å². The van der Waals surface area contributed by atoms with Crippen molar-refractivity contribution in [2.24, 2.45) is 0 Å². The maximum atomic E-state index is 5.26. The number of nitrogens with zero attached hydrogens (tertiary/aromatic N) is 5. The molecule has 0 saturated heterocycles. The predicted octanol–water partition coefficient (Wildman–Crippen LogP) is 16.2. The van der Waals surface area contributed by atoms with Gasteiger partial charge in [0, 0.05) is 49.3 Å². The molecule has 0 spiro atoms. The molecule has 0 bridgehead atoms. The number of fused-ring (bicyclic) bond motifs is 10. The van der Waals surface area contributed by atoms with Crippen LogP contribution in [0.4, 0.5) is 0 Å². The Labute approximate surface area is 391 Å². The second kappa shape index (κ2) is 15.2. The molecule has 5 heteroatoms. The van der Waals surface area contributed by atoms with E-state index in [0.29, 0.717) is 17.5 Å². The first-order valence-corrected chi connectivity index (χ1v) is 23.1. The van der Waals surface area contributed by atoms with Crippen LogP contribution in [0.5, 0.6) is 0 Å². The van der Waals surface area contributed by atoms with Gasteiger partial charge >= 0.3 is 0 Å². The molecule has 68 heavy (non-hydrogen) atoms. The zero-order chi connectivity index (χ0) is 44.7. The first-order chi connectivity index (χ1) is 33.7. The summed E-state index contributed by atoms with van der Waals surface area (Å²) in [6.07, 6.45) is 0. The summed E-state index contributed by atoms with van der Waals surface area (Å²) in [5, 5.41) is 11.8. The van der Waals surface area contributed by atoms with Crippen molar-refractivity contribution in [1.82, 2.24) is 24.1 Å². The Balaban J connectivity index is 1.03. The topological polar surface area (TPSA) is 48.5 Å². The lowest BCUT2D eigenvalue weighted by molar-refractivity contribution is 1.08. The van der Waals surface area contributed by atoms with E-state index >= 15 is 0 Å². The van der Waals surface area contributed by atoms with E-state index in [4.69, 9.17) is 15.0 Å². The summed E-state index contributed by atoms with van der Waals surface area (Å²) in [7, 11) is 0. The van der Waals surface area contributed by atoms with E-state index in [9.17, 15) is 0 Å². The van der Waals surface area contributed by atoms with Gasteiger partial charge in [-0.05, 0) is 92.7 Å². The third kappa shape index (κ3) is 5.93. The summed E-state index contributed by atoms with van der Waals surface area (Å²) in [4.78, 5) is 15.6. The van der Waals surface area contributed by atoms with Gasteiger partial charge in [-0.25, -0.2) is 15.0 Å². The Hall–Kier alpha value is -9.19. The molecule has 0 fully saturated rings. The van der Waals surface area contributed by atoms with E-state index in [1.807, 2.05) is 18.2 Å². The molecule has 0 saturated carbocycles. The summed E-state index contributed by atoms with van der Waals surface area (Å²) < 4.78 is 4.92. The van der Waals surface area contributed by atoms with Crippen molar-refractivity contribution in [2.45, 2.75) is 0 Å². The summed E-state index contributed by atoms with van der Waals surface area (Å²) in [6.45, 7) is 0. The fraction of sp³-hybridized carbons (Fsp3) is 0. The normalized spacial score (nSPS) is 11.8. The number of benzene rings is 11. The minimum absolute atomic E-state index is 0.628. The highest BCUT2D eigenvalue weighted by Crippen LogP contribution is 2.45. The molecule has 11 aromatic carbocycles. The van der Waals surface area contributed by atoms with Crippen molar-refractivity contribution < 1.29 is 0 Å². The maximum absolute atomic E-state index is 5.26. The van der Waals surface area contributed by atoms with Crippen LogP contribution < -0.4 is 0 Å². The lowest BCUT2D eigenvalue weighted by atomic mass is 9.94. The molecule has 0 unspecified atom stereocenters. The molecule has 0 radical (unpaired) electrons. The van der Waals surface area contributed by atoms with Crippen LogP contribution in [0, 0.1) is 0 Å². The summed E-state index contributed by atoms with van der Waals surface area (Å²) >= 11 is 0. The molecule has 316 valence electrons. The lowest BCUT2D eigenvalue weighted by Gasteiger charge is -2.15. The Morgan fingerprint density at radius 3 is 1.60 bits per heavy atom. The number of rotatable bonds is 6. The van der Waals surface area contributed by atoms with E-state index in [0.717, 1.165) is 60.8 Å². The van der Waals surface area contributed by atoms with Crippen LogP contribution in [0.25, 0.3) is 133 Å². The Bertz CT molecular complexity index is 4300. The van der Waals surface area contributed by atoms with Gasteiger partial charge in [0.15, 0.2) is 17.5 Å². The maximum Gasteiger partial charge on any atom is 0.164 e. The highest BCUT2D eigenvalue weighted by Gasteiger charge is 2.23. The number of para-hydroxylation sites is 2. The van der Waals surface area contributed by atoms with Gasteiger partial charge in [0.25, 0.3) is 0 Å². The van der Waals surface area contributed by atoms with Crippen molar-refractivity contribution in [2.75, 3.05) is 0 Å². The first-order valence-electron chi connectivity index (χ1n) is 23.1. The predicted molar refractivity (Wildman–Crippen MR) is 283 cm³/mol. The van der Waals surface area contributed by atoms with E-state index in [1.165, 1.54) is 54.3 Å². The van der Waals surface area contributed by atoms with E-state index < -0.39 is 0 Å². The first kappa shape index (κ1) is 38.1. The van der Waals surface area contributed by atoms with Crippen molar-refractivity contribution >= 4 is 75.9 Å². The molecule has 0 aliphatic rings. The number of aromatic nitrogens is 5. The fourth-order valence-electron chi connectivity index (χ4n) is 10.7. The van der Waals surface area contributed by atoms with Gasteiger partial charge in [-0.3, -0.25) is 0 Å². The van der Waals surface area contributed by atoms with Crippen molar-refractivity contribution in [3.05, 3.63) is 237 Å². The Morgan fingerprint density at radius 1 is 0.265 bits per heavy atom. The molecule has 14 aromatic rings. The van der Waals surface area contributed by atoms with Gasteiger partial charge < -0.3 is 9.13 Å². The van der Waals surface area contributed by atoms with Gasteiger partial charge in [0.05, 0.1) is 27.8 Å². The van der Waals surface area contributed by atoms with Crippen LogP contribution in [0.2, 0.25) is 0 Å². The second-order valence-electron chi connectivity index (χ2n) is 17.6. The van der Waals surface area contributed by atoms with Crippen molar-refractivity contribution in [3.63, 3.8) is 0 Å². The van der Waals surface area contributed by atoms with Crippen LogP contribution >= 0.6 is 0 Å². The highest BCUT2D eigenvalue weighted by atomic mass is 15.0. The average Bonchev–Trinajstić information content (AvgIpc) is 3.91. The van der Waals surface area contributed by atoms with Crippen LogP contribution in [0.3, 0.4) is 0 Å². The molecule has 3 aromatic heterocycles. The zero-order valence-corrected chi connectivity index (χ0v) is 36.8.